The van der Waals surface area contributed by atoms with Crippen LogP contribution in [0.2, 0.25) is 0 Å². The Morgan fingerprint density at radius 1 is 0.867 bits per heavy atom. The number of hydrogen-bond acceptors (Lipinski definition) is 8. The monoisotopic (exact) mass is 444 g/mol. The van der Waals surface area contributed by atoms with Crippen LogP contribution in [0.15, 0.2) is 46.4 Å². The van der Waals surface area contributed by atoms with E-state index in [4.69, 9.17) is 31.2 Å². The van der Waals surface area contributed by atoms with Crippen LogP contribution >= 0.6 is 24.0 Å². The number of carbonyl (C=O) groups excluding carboxylic acids is 1. The predicted octanol–water partition coefficient (Wildman–Crippen LogP) is 3.96. The van der Waals surface area contributed by atoms with E-state index in [0.717, 1.165) is 11.1 Å². The van der Waals surface area contributed by atoms with Gasteiger partial charge in [0.05, 0.1) is 39.6 Å². The second-order valence-electron chi connectivity index (χ2n) is 5.97. The number of ether oxygens (including phenoxy) is 4. The maximum atomic E-state index is 12.8. The van der Waals surface area contributed by atoms with E-state index in [2.05, 4.69) is 5.10 Å². The van der Waals surface area contributed by atoms with Crippen LogP contribution < -0.4 is 18.9 Å². The van der Waals surface area contributed by atoms with Gasteiger partial charge in [0.1, 0.15) is 0 Å². The van der Waals surface area contributed by atoms with Gasteiger partial charge in [0, 0.05) is 0 Å². The van der Waals surface area contributed by atoms with E-state index in [0.29, 0.717) is 32.2 Å². The molecule has 9 heteroatoms. The summed E-state index contributed by atoms with van der Waals surface area (Å²) in [7, 11) is 6.25. The maximum absolute atomic E-state index is 12.8. The molecule has 1 amide bonds. The molecule has 0 radical (unpaired) electrons. The standard InChI is InChI=1S/C21H20N2O5S2/c1-25-15-7-5-13(9-17(15)27-3)11-19-20(24)23(21(29)30-19)22-12-14-6-8-16(26-2)18(10-14)28-4/h5-12H,1-4H3/b19-11-,22-12-. The summed E-state index contributed by atoms with van der Waals surface area (Å²) >= 11 is 6.51. The summed E-state index contributed by atoms with van der Waals surface area (Å²) < 4.78 is 21.4. The molecule has 1 aliphatic heterocycles. The molecule has 2 aromatic rings. The molecule has 1 aliphatic rings. The minimum absolute atomic E-state index is 0.295. The van der Waals surface area contributed by atoms with Crippen LogP contribution in [-0.4, -0.2) is 49.9 Å². The number of rotatable bonds is 7. The van der Waals surface area contributed by atoms with E-state index >= 15 is 0 Å². The van der Waals surface area contributed by atoms with Gasteiger partial charge in [0.2, 0.25) is 0 Å². The zero-order chi connectivity index (χ0) is 21.7. The number of amides is 1. The molecular formula is C21H20N2O5S2. The molecule has 7 nitrogen and oxygen atoms in total. The Morgan fingerprint density at radius 2 is 1.40 bits per heavy atom. The van der Waals surface area contributed by atoms with Crippen LogP contribution in [0.25, 0.3) is 6.08 Å². The van der Waals surface area contributed by atoms with Gasteiger partial charge in [-0.05, 0) is 59.8 Å². The fraction of sp³-hybridized carbons (Fsp3) is 0.190. The molecule has 1 heterocycles. The van der Waals surface area contributed by atoms with Gasteiger partial charge in [-0.25, -0.2) is 0 Å². The van der Waals surface area contributed by atoms with Crippen molar-refractivity contribution in [1.82, 2.24) is 5.01 Å². The van der Waals surface area contributed by atoms with Crippen molar-refractivity contribution >= 4 is 46.5 Å². The number of hydrogen-bond donors (Lipinski definition) is 0. The number of carbonyl (C=O) groups is 1. The number of thioether (sulfide) groups is 1. The highest BCUT2D eigenvalue weighted by Gasteiger charge is 2.32. The van der Waals surface area contributed by atoms with Gasteiger partial charge >= 0.3 is 0 Å². The lowest BCUT2D eigenvalue weighted by Gasteiger charge is -2.09. The Balaban J connectivity index is 1.81. The van der Waals surface area contributed by atoms with Crippen molar-refractivity contribution in [2.75, 3.05) is 28.4 Å². The third-order valence-electron chi connectivity index (χ3n) is 4.21. The Morgan fingerprint density at radius 3 is 1.97 bits per heavy atom. The highest BCUT2D eigenvalue weighted by molar-refractivity contribution is 8.26. The van der Waals surface area contributed by atoms with Gasteiger partial charge in [-0.2, -0.15) is 10.1 Å². The highest BCUT2D eigenvalue weighted by atomic mass is 32.2. The van der Waals surface area contributed by atoms with Crippen molar-refractivity contribution in [2.24, 2.45) is 5.10 Å². The number of nitrogens with zero attached hydrogens (tertiary/aromatic N) is 2. The first-order valence-corrected chi connectivity index (χ1v) is 9.99. The van der Waals surface area contributed by atoms with Crippen molar-refractivity contribution in [1.29, 1.82) is 0 Å². The number of methoxy groups -OCH3 is 4. The summed E-state index contributed by atoms with van der Waals surface area (Å²) in [6, 6.07) is 10.7. The molecule has 30 heavy (non-hydrogen) atoms. The zero-order valence-electron chi connectivity index (χ0n) is 16.9. The number of thiocarbonyl (C=S) groups is 1. The molecule has 0 saturated carbocycles. The Hall–Kier alpha value is -3.04. The number of benzene rings is 2. The van der Waals surface area contributed by atoms with E-state index in [1.165, 1.54) is 16.8 Å². The van der Waals surface area contributed by atoms with E-state index in [-0.39, 0.29) is 5.91 Å². The smallest absolute Gasteiger partial charge is 0.286 e. The molecule has 0 bridgehead atoms. The minimum atomic E-state index is -0.295. The quantitative estimate of drug-likeness (QED) is 0.364. The largest absolute Gasteiger partial charge is 0.493 e. The van der Waals surface area contributed by atoms with Crippen molar-refractivity contribution in [3.05, 3.63) is 52.4 Å². The molecule has 156 valence electrons. The van der Waals surface area contributed by atoms with Crippen molar-refractivity contribution < 1.29 is 23.7 Å². The van der Waals surface area contributed by atoms with Gasteiger partial charge in [-0.3, -0.25) is 4.79 Å². The maximum Gasteiger partial charge on any atom is 0.286 e. The van der Waals surface area contributed by atoms with Crippen LogP contribution in [-0.2, 0) is 4.79 Å². The van der Waals surface area contributed by atoms with Crippen molar-refractivity contribution in [2.45, 2.75) is 0 Å². The molecule has 0 N–H and O–H groups in total. The molecule has 1 saturated heterocycles. The summed E-state index contributed by atoms with van der Waals surface area (Å²) in [6.45, 7) is 0. The van der Waals surface area contributed by atoms with E-state index < -0.39 is 0 Å². The fourth-order valence-corrected chi connectivity index (χ4v) is 3.88. The average Bonchev–Trinajstić information content (AvgIpc) is 3.04. The summed E-state index contributed by atoms with van der Waals surface area (Å²) in [5, 5.41) is 5.45. The van der Waals surface area contributed by atoms with Crippen LogP contribution in [0.3, 0.4) is 0 Å². The normalized spacial score (nSPS) is 15.2. The molecule has 0 atom stereocenters. The van der Waals surface area contributed by atoms with Crippen LogP contribution in [0.4, 0.5) is 0 Å². The fourth-order valence-electron chi connectivity index (χ4n) is 2.71. The highest BCUT2D eigenvalue weighted by Crippen LogP contribution is 2.35. The summed E-state index contributed by atoms with van der Waals surface area (Å²) in [5.41, 5.74) is 1.53. The van der Waals surface area contributed by atoms with Gasteiger partial charge in [0.25, 0.3) is 5.91 Å². The SMILES string of the molecule is COc1ccc(/C=N\N2C(=O)/C(=C/c3ccc(OC)c(OC)c3)SC2=S)cc1OC. The van der Waals surface area contributed by atoms with Gasteiger partial charge in [-0.15, -0.1) is 0 Å². The molecule has 3 rings (SSSR count). The Kier molecular flexibility index (Phi) is 6.96. The first-order chi connectivity index (χ1) is 14.5. The Bertz CT molecular complexity index is 1040. The van der Waals surface area contributed by atoms with Crippen LogP contribution in [0, 0.1) is 0 Å². The van der Waals surface area contributed by atoms with Crippen LogP contribution in [0.5, 0.6) is 23.0 Å². The van der Waals surface area contributed by atoms with E-state index in [1.54, 1.807) is 65.0 Å². The molecule has 1 fully saturated rings. The summed E-state index contributed by atoms with van der Waals surface area (Å²) in [5.74, 6) is 2.07. The zero-order valence-corrected chi connectivity index (χ0v) is 18.5. The Labute approximate surface area is 184 Å². The van der Waals surface area contributed by atoms with E-state index in [1.807, 2.05) is 12.1 Å². The van der Waals surface area contributed by atoms with Crippen LogP contribution in [0.1, 0.15) is 11.1 Å². The summed E-state index contributed by atoms with van der Waals surface area (Å²) in [6.07, 6.45) is 3.29. The average molecular weight is 445 g/mol. The van der Waals surface area contributed by atoms with Crippen molar-refractivity contribution in [3.63, 3.8) is 0 Å². The van der Waals surface area contributed by atoms with Gasteiger partial charge in [0.15, 0.2) is 27.3 Å². The van der Waals surface area contributed by atoms with Gasteiger partial charge < -0.3 is 18.9 Å². The lowest BCUT2D eigenvalue weighted by Crippen LogP contribution is -2.22. The second kappa shape index (κ2) is 9.64. The molecule has 0 unspecified atom stereocenters. The predicted molar refractivity (Wildman–Crippen MR) is 122 cm³/mol. The van der Waals surface area contributed by atoms with Gasteiger partial charge in [-0.1, -0.05) is 17.8 Å². The minimum Gasteiger partial charge on any atom is -0.493 e. The summed E-state index contributed by atoms with van der Waals surface area (Å²) in [4.78, 5) is 13.2. The molecule has 0 aromatic heterocycles. The van der Waals surface area contributed by atoms with Crippen molar-refractivity contribution in [3.8, 4) is 23.0 Å². The molecule has 0 aliphatic carbocycles. The first kappa shape index (κ1) is 21.7. The lowest BCUT2D eigenvalue weighted by molar-refractivity contribution is -0.122. The van der Waals surface area contributed by atoms with E-state index in [9.17, 15) is 4.79 Å². The lowest BCUT2D eigenvalue weighted by atomic mass is 10.2. The second-order valence-corrected chi connectivity index (χ2v) is 7.64. The third-order valence-corrected chi connectivity index (χ3v) is 5.49. The first-order valence-electron chi connectivity index (χ1n) is 8.76. The third kappa shape index (κ3) is 4.58. The number of hydrazone groups is 1. The molecular weight excluding hydrogens is 424 g/mol. The molecule has 0 spiro atoms. The topological polar surface area (TPSA) is 69.6 Å². The molecule has 2 aromatic carbocycles.